The predicted octanol–water partition coefficient (Wildman–Crippen LogP) is 3.36. The second-order valence-corrected chi connectivity index (χ2v) is 7.46. The Morgan fingerprint density at radius 1 is 1.05 bits per heavy atom. The third-order valence-corrected chi connectivity index (χ3v) is 3.82. The van der Waals surface area contributed by atoms with Crippen LogP contribution in [0, 0.1) is 6.92 Å². The zero-order chi connectivity index (χ0) is 15.6. The molecule has 0 radical (unpaired) electrons. The maximum absolute atomic E-state index is 12.4. The van der Waals surface area contributed by atoms with Crippen LogP contribution >= 0.6 is 15.9 Å². The van der Waals surface area contributed by atoms with Crippen LogP contribution in [0.25, 0.3) is 0 Å². The average Bonchev–Trinajstić information content (AvgIpc) is 2.35. The molecule has 0 aliphatic carbocycles. The standard InChI is InChI=1S/C15H14BrNO3S/c1-10-7-12(9-13(16)8-10)15(18)11-3-5-14(6-4-11)17-21(2,19)20/h3-9,17H,1-2H3. The maximum Gasteiger partial charge on any atom is 0.229 e. The SMILES string of the molecule is Cc1cc(Br)cc(C(=O)c2ccc(NS(C)(=O)=O)cc2)c1. The fraction of sp³-hybridized carbons (Fsp3) is 0.133. The largest absolute Gasteiger partial charge is 0.289 e. The number of aryl methyl sites for hydroxylation is 1. The van der Waals surface area contributed by atoms with Crippen molar-refractivity contribution in [1.29, 1.82) is 0 Å². The number of rotatable bonds is 4. The highest BCUT2D eigenvalue weighted by Crippen LogP contribution is 2.19. The molecule has 0 amide bonds. The van der Waals surface area contributed by atoms with Gasteiger partial charge in [-0.25, -0.2) is 8.42 Å². The molecule has 0 fully saturated rings. The van der Waals surface area contributed by atoms with Crippen LogP contribution < -0.4 is 4.72 Å². The number of benzene rings is 2. The maximum atomic E-state index is 12.4. The number of ketones is 1. The van der Waals surface area contributed by atoms with E-state index < -0.39 is 10.0 Å². The Balaban J connectivity index is 2.28. The molecule has 2 rings (SSSR count). The minimum atomic E-state index is -3.31. The number of carbonyl (C=O) groups excluding carboxylic acids is 1. The molecule has 0 aliphatic heterocycles. The molecule has 0 aromatic heterocycles. The van der Waals surface area contributed by atoms with E-state index in [1.54, 1.807) is 30.3 Å². The van der Waals surface area contributed by atoms with Crippen molar-refractivity contribution < 1.29 is 13.2 Å². The lowest BCUT2D eigenvalue weighted by molar-refractivity contribution is 0.103. The van der Waals surface area contributed by atoms with Crippen molar-refractivity contribution in [2.24, 2.45) is 0 Å². The lowest BCUT2D eigenvalue weighted by Gasteiger charge is -2.06. The first-order valence-corrected chi connectivity index (χ1v) is 8.83. The molecule has 1 N–H and O–H groups in total. The van der Waals surface area contributed by atoms with Gasteiger partial charge in [0, 0.05) is 21.3 Å². The molecule has 0 saturated carbocycles. The van der Waals surface area contributed by atoms with Gasteiger partial charge in [0.25, 0.3) is 0 Å². The minimum absolute atomic E-state index is 0.106. The summed E-state index contributed by atoms with van der Waals surface area (Å²) in [4.78, 5) is 12.4. The summed E-state index contributed by atoms with van der Waals surface area (Å²) in [5.74, 6) is -0.106. The molecule has 4 nitrogen and oxygen atoms in total. The smallest absolute Gasteiger partial charge is 0.229 e. The molecule has 110 valence electrons. The van der Waals surface area contributed by atoms with Gasteiger partial charge in [0.15, 0.2) is 5.78 Å². The Morgan fingerprint density at radius 3 is 2.19 bits per heavy atom. The molecular weight excluding hydrogens is 354 g/mol. The van der Waals surface area contributed by atoms with Crippen molar-refractivity contribution in [1.82, 2.24) is 0 Å². The number of anilines is 1. The van der Waals surface area contributed by atoms with Gasteiger partial charge in [-0.3, -0.25) is 9.52 Å². The summed E-state index contributed by atoms with van der Waals surface area (Å²) in [7, 11) is -3.31. The first-order valence-electron chi connectivity index (χ1n) is 6.14. The lowest BCUT2D eigenvalue weighted by Crippen LogP contribution is -2.09. The monoisotopic (exact) mass is 367 g/mol. The van der Waals surface area contributed by atoms with Gasteiger partial charge in [-0.05, 0) is 55.0 Å². The number of sulfonamides is 1. The summed E-state index contributed by atoms with van der Waals surface area (Å²) in [5.41, 5.74) is 2.51. The summed E-state index contributed by atoms with van der Waals surface area (Å²) in [6, 6.07) is 11.8. The van der Waals surface area contributed by atoms with E-state index in [4.69, 9.17) is 0 Å². The summed E-state index contributed by atoms with van der Waals surface area (Å²) >= 11 is 3.37. The fourth-order valence-electron chi connectivity index (χ4n) is 1.94. The van der Waals surface area contributed by atoms with Crippen molar-refractivity contribution >= 4 is 37.4 Å². The summed E-state index contributed by atoms with van der Waals surface area (Å²) in [6.07, 6.45) is 1.08. The van der Waals surface area contributed by atoms with E-state index in [0.29, 0.717) is 16.8 Å². The zero-order valence-electron chi connectivity index (χ0n) is 11.6. The first kappa shape index (κ1) is 15.7. The third-order valence-electron chi connectivity index (χ3n) is 2.75. The van der Waals surface area contributed by atoms with Crippen LogP contribution in [0.2, 0.25) is 0 Å². The van der Waals surface area contributed by atoms with E-state index in [-0.39, 0.29) is 5.78 Å². The van der Waals surface area contributed by atoms with E-state index in [9.17, 15) is 13.2 Å². The molecule has 0 heterocycles. The Bertz CT molecular complexity index is 763. The molecule has 0 spiro atoms. The van der Waals surface area contributed by atoms with E-state index in [0.717, 1.165) is 16.3 Å². The van der Waals surface area contributed by atoms with Crippen LogP contribution in [0.1, 0.15) is 21.5 Å². The molecule has 0 unspecified atom stereocenters. The number of carbonyl (C=O) groups is 1. The van der Waals surface area contributed by atoms with Gasteiger partial charge in [0.05, 0.1) is 6.26 Å². The number of hydrogen-bond acceptors (Lipinski definition) is 3. The van der Waals surface area contributed by atoms with Gasteiger partial charge in [-0.15, -0.1) is 0 Å². The van der Waals surface area contributed by atoms with Gasteiger partial charge in [0.1, 0.15) is 0 Å². The number of nitrogens with one attached hydrogen (secondary N) is 1. The van der Waals surface area contributed by atoms with Crippen molar-refractivity contribution in [3.63, 3.8) is 0 Å². The Hall–Kier alpha value is -1.66. The molecule has 0 atom stereocenters. The van der Waals surface area contributed by atoms with E-state index in [1.807, 2.05) is 19.1 Å². The van der Waals surface area contributed by atoms with Crippen LogP contribution in [-0.4, -0.2) is 20.5 Å². The zero-order valence-corrected chi connectivity index (χ0v) is 14.0. The van der Waals surface area contributed by atoms with Crippen LogP contribution in [0.15, 0.2) is 46.9 Å². The van der Waals surface area contributed by atoms with Gasteiger partial charge in [-0.2, -0.15) is 0 Å². The molecule has 0 saturated heterocycles. The fourth-order valence-corrected chi connectivity index (χ4v) is 3.11. The molecule has 0 bridgehead atoms. The van der Waals surface area contributed by atoms with Crippen molar-refractivity contribution in [2.45, 2.75) is 6.92 Å². The van der Waals surface area contributed by atoms with E-state index in [1.165, 1.54) is 0 Å². The normalized spacial score (nSPS) is 11.2. The van der Waals surface area contributed by atoms with Crippen LogP contribution in [0.4, 0.5) is 5.69 Å². The van der Waals surface area contributed by atoms with Crippen LogP contribution in [0.5, 0.6) is 0 Å². The lowest BCUT2D eigenvalue weighted by atomic mass is 10.0. The van der Waals surface area contributed by atoms with Gasteiger partial charge < -0.3 is 0 Å². The first-order chi connectivity index (χ1) is 9.74. The Labute approximate surface area is 132 Å². The summed E-state index contributed by atoms with van der Waals surface area (Å²) in [6.45, 7) is 1.92. The molecular formula is C15H14BrNO3S. The molecule has 2 aromatic carbocycles. The Kier molecular flexibility index (Phi) is 4.49. The van der Waals surface area contributed by atoms with Gasteiger partial charge in [-0.1, -0.05) is 15.9 Å². The van der Waals surface area contributed by atoms with E-state index >= 15 is 0 Å². The predicted molar refractivity (Wildman–Crippen MR) is 87.2 cm³/mol. The topological polar surface area (TPSA) is 63.2 Å². The van der Waals surface area contributed by atoms with Gasteiger partial charge in [0.2, 0.25) is 10.0 Å². The van der Waals surface area contributed by atoms with Crippen molar-refractivity contribution in [3.05, 3.63) is 63.6 Å². The quantitative estimate of drug-likeness (QED) is 0.842. The molecule has 0 aliphatic rings. The Morgan fingerprint density at radius 2 is 1.67 bits per heavy atom. The highest BCUT2D eigenvalue weighted by Gasteiger charge is 2.11. The third kappa shape index (κ3) is 4.41. The van der Waals surface area contributed by atoms with E-state index in [2.05, 4.69) is 20.7 Å². The minimum Gasteiger partial charge on any atom is -0.289 e. The summed E-state index contributed by atoms with van der Waals surface area (Å²) < 4.78 is 25.5. The summed E-state index contributed by atoms with van der Waals surface area (Å²) in [5, 5.41) is 0. The second-order valence-electron chi connectivity index (χ2n) is 4.80. The molecule has 6 heteroatoms. The highest BCUT2D eigenvalue weighted by molar-refractivity contribution is 9.10. The highest BCUT2D eigenvalue weighted by atomic mass is 79.9. The average molecular weight is 368 g/mol. The van der Waals surface area contributed by atoms with Crippen LogP contribution in [-0.2, 0) is 10.0 Å². The number of hydrogen-bond donors (Lipinski definition) is 1. The second kappa shape index (κ2) is 5.99. The van der Waals surface area contributed by atoms with Gasteiger partial charge >= 0.3 is 0 Å². The van der Waals surface area contributed by atoms with Crippen LogP contribution in [0.3, 0.4) is 0 Å². The van der Waals surface area contributed by atoms with Crippen molar-refractivity contribution in [3.8, 4) is 0 Å². The van der Waals surface area contributed by atoms with Crippen molar-refractivity contribution in [2.75, 3.05) is 11.0 Å². The molecule has 21 heavy (non-hydrogen) atoms. The number of halogens is 1. The molecule has 2 aromatic rings.